The van der Waals surface area contributed by atoms with E-state index in [0.29, 0.717) is 19.0 Å². The molecule has 0 aromatic heterocycles. The summed E-state index contributed by atoms with van der Waals surface area (Å²) < 4.78 is 5.28. The molecule has 0 unspecified atom stereocenters. The van der Waals surface area contributed by atoms with E-state index in [2.05, 4.69) is 17.4 Å². The number of methoxy groups -OCH3 is 1. The molecule has 1 heterocycles. The summed E-state index contributed by atoms with van der Waals surface area (Å²) in [6.45, 7) is 5.19. The number of rotatable bonds is 6. The van der Waals surface area contributed by atoms with E-state index in [9.17, 15) is 9.59 Å². The molecule has 0 saturated carbocycles. The number of hydrogen-bond acceptors (Lipinski definition) is 4. The Kier molecular flexibility index (Phi) is 6.82. The monoisotopic (exact) mass is 347 g/mol. The maximum absolute atomic E-state index is 12.3. The molecule has 2 amide bonds. The number of ether oxygens (including phenoxy) is 1. The number of carbonyl (C=O) groups is 2. The van der Waals surface area contributed by atoms with Gasteiger partial charge in [0, 0.05) is 13.1 Å². The van der Waals surface area contributed by atoms with Crippen LogP contribution in [0.1, 0.15) is 38.2 Å². The van der Waals surface area contributed by atoms with Crippen LogP contribution in [-0.2, 0) is 9.59 Å². The Morgan fingerprint density at radius 2 is 2.00 bits per heavy atom. The summed E-state index contributed by atoms with van der Waals surface area (Å²) >= 11 is 0. The van der Waals surface area contributed by atoms with Gasteiger partial charge < -0.3 is 20.7 Å². The fraction of sp³-hybridized carbons (Fsp3) is 0.579. The van der Waals surface area contributed by atoms with Gasteiger partial charge in [-0.1, -0.05) is 26.0 Å². The van der Waals surface area contributed by atoms with Crippen molar-refractivity contribution < 1.29 is 14.3 Å². The van der Waals surface area contributed by atoms with Crippen LogP contribution in [0.4, 0.5) is 0 Å². The van der Waals surface area contributed by atoms with Crippen molar-refractivity contribution in [2.45, 2.75) is 38.6 Å². The highest BCUT2D eigenvalue weighted by molar-refractivity contribution is 5.87. The van der Waals surface area contributed by atoms with Crippen LogP contribution >= 0.6 is 0 Å². The van der Waals surface area contributed by atoms with Crippen LogP contribution in [0.2, 0.25) is 0 Å². The number of piperidine rings is 1. The molecule has 0 bridgehead atoms. The standard InChI is InChI=1S/C19H29N3O3/c1-13(2)18(20)19(24)21-12-17(23)22-9-7-14(8-10-22)15-5-4-6-16(11-15)25-3/h4-6,11,13-14,18H,7-10,12,20H2,1-3H3,(H,21,24)/t18-/m0/s1. The fourth-order valence-corrected chi connectivity index (χ4v) is 3.05. The van der Waals surface area contributed by atoms with Crippen LogP contribution in [0.15, 0.2) is 24.3 Å². The van der Waals surface area contributed by atoms with Crippen molar-refractivity contribution in [3.63, 3.8) is 0 Å². The molecular formula is C19H29N3O3. The molecule has 6 nitrogen and oxygen atoms in total. The van der Waals surface area contributed by atoms with Gasteiger partial charge in [0.1, 0.15) is 5.75 Å². The van der Waals surface area contributed by atoms with E-state index < -0.39 is 6.04 Å². The molecule has 0 radical (unpaired) electrons. The average Bonchev–Trinajstić information content (AvgIpc) is 2.65. The molecule has 6 heteroatoms. The summed E-state index contributed by atoms with van der Waals surface area (Å²) in [6, 6.07) is 7.53. The molecule has 25 heavy (non-hydrogen) atoms. The van der Waals surface area contributed by atoms with Crippen molar-refractivity contribution in [3.8, 4) is 5.75 Å². The number of nitrogens with zero attached hydrogens (tertiary/aromatic N) is 1. The molecule has 1 saturated heterocycles. The summed E-state index contributed by atoms with van der Waals surface area (Å²) in [6.07, 6.45) is 1.83. The van der Waals surface area contributed by atoms with E-state index in [1.165, 1.54) is 5.56 Å². The van der Waals surface area contributed by atoms with Crippen LogP contribution in [0.25, 0.3) is 0 Å². The predicted octanol–water partition coefficient (Wildman–Crippen LogP) is 1.50. The highest BCUT2D eigenvalue weighted by Crippen LogP contribution is 2.29. The number of likely N-dealkylation sites (tertiary alicyclic amines) is 1. The normalized spacial score (nSPS) is 16.6. The second kappa shape index (κ2) is 8.85. The van der Waals surface area contributed by atoms with Gasteiger partial charge in [0.15, 0.2) is 0 Å². The molecular weight excluding hydrogens is 318 g/mol. The Balaban J connectivity index is 1.81. The molecule has 3 N–H and O–H groups in total. The van der Waals surface area contributed by atoms with E-state index in [4.69, 9.17) is 10.5 Å². The first kappa shape index (κ1) is 19.2. The minimum atomic E-state index is -0.577. The fourth-order valence-electron chi connectivity index (χ4n) is 3.05. The summed E-state index contributed by atoms with van der Waals surface area (Å²) in [5.41, 5.74) is 7.04. The van der Waals surface area contributed by atoms with Crippen molar-refractivity contribution in [1.82, 2.24) is 10.2 Å². The van der Waals surface area contributed by atoms with Crippen LogP contribution in [0.3, 0.4) is 0 Å². The molecule has 1 fully saturated rings. The van der Waals surface area contributed by atoms with Gasteiger partial charge in [0.25, 0.3) is 0 Å². The third-order valence-electron chi connectivity index (χ3n) is 4.85. The van der Waals surface area contributed by atoms with Gasteiger partial charge in [-0.15, -0.1) is 0 Å². The Labute approximate surface area is 149 Å². The summed E-state index contributed by atoms with van der Waals surface area (Å²) in [5.74, 6) is 1.03. The number of nitrogens with one attached hydrogen (secondary N) is 1. The van der Waals surface area contributed by atoms with Crippen molar-refractivity contribution in [1.29, 1.82) is 0 Å². The van der Waals surface area contributed by atoms with Gasteiger partial charge in [-0.25, -0.2) is 0 Å². The number of amides is 2. The maximum atomic E-state index is 12.3. The largest absolute Gasteiger partial charge is 0.497 e. The number of carbonyl (C=O) groups excluding carboxylic acids is 2. The second-order valence-electron chi connectivity index (χ2n) is 6.92. The van der Waals surface area contributed by atoms with Crippen LogP contribution in [0.5, 0.6) is 5.75 Å². The van der Waals surface area contributed by atoms with Crippen molar-refractivity contribution in [3.05, 3.63) is 29.8 Å². The number of hydrogen-bond donors (Lipinski definition) is 2. The quantitative estimate of drug-likeness (QED) is 0.817. The minimum absolute atomic E-state index is 0.0169. The topological polar surface area (TPSA) is 84.7 Å². The van der Waals surface area contributed by atoms with Crippen molar-refractivity contribution >= 4 is 11.8 Å². The third kappa shape index (κ3) is 5.19. The van der Waals surface area contributed by atoms with Crippen molar-refractivity contribution in [2.75, 3.05) is 26.7 Å². The highest BCUT2D eigenvalue weighted by atomic mass is 16.5. The zero-order valence-electron chi connectivity index (χ0n) is 15.3. The smallest absolute Gasteiger partial charge is 0.241 e. The molecule has 2 rings (SSSR count). The molecule has 1 aliphatic heterocycles. The highest BCUT2D eigenvalue weighted by Gasteiger charge is 2.25. The Morgan fingerprint density at radius 3 is 2.60 bits per heavy atom. The van der Waals surface area contributed by atoms with E-state index in [-0.39, 0.29) is 24.3 Å². The summed E-state index contributed by atoms with van der Waals surface area (Å²) in [7, 11) is 1.67. The van der Waals surface area contributed by atoms with E-state index >= 15 is 0 Å². The van der Waals surface area contributed by atoms with Gasteiger partial charge in [-0.3, -0.25) is 9.59 Å². The molecule has 0 aliphatic carbocycles. The van der Waals surface area contributed by atoms with Gasteiger partial charge in [-0.2, -0.15) is 0 Å². The third-order valence-corrected chi connectivity index (χ3v) is 4.85. The first-order chi connectivity index (χ1) is 11.9. The predicted molar refractivity (Wildman–Crippen MR) is 97.4 cm³/mol. The lowest BCUT2D eigenvalue weighted by atomic mass is 9.89. The van der Waals surface area contributed by atoms with Crippen LogP contribution < -0.4 is 15.8 Å². The van der Waals surface area contributed by atoms with E-state index in [1.54, 1.807) is 7.11 Å². The molecule has 138 valence electrons. The molecule has 1 aromatic rings. The van der Waals surface area contributed by atoms with Gasteiger partial charge in [0.05, 0.1) is 19.7 Å². The maximum Gasteiger partial charge on any atom is 0.241 e. The first-order valence-corrected chi connectivity index (χ1v) is 8.87. The Bertz CT molecular complexity index is 595. The lowest BCUT2D eigenvalue weighted by Gasteiger charge is -2.32. The average molecular weight is 347 g/mol. The zero-order valence-corrected chi connectivity index (χ0v) is 15.3. The summed E-state index contributed by atoms with van der Waals surface area (Å²) in [4.78, 5) is 26.0. The minimum Gasteiger partial charge on any atom is -0.497 e. The number of nitrogens with two attached hydrogens (primary N) is 1. The Morgan fingerprint density at radius 1 is 1.32 bits per heavy atom. The van der Waals surface area contributed by atoms with Gasteiger partial charge in [-0.05, 0) is 42.4 Å². The molecule has 1 atom stereocenters. The van der Waals surface area contributed by atoms with E-state index in [0.717, 1.165) is 18.6 Å². The Hall–Kier alpha value is -2.08. The summed E-state index contributed by atoms with van der Waals surface area (Å²) in [5, 5.41) is 2.65. The van der Waals surface area contributed by atoms with Crippen LogP contribution in [-0.4, -0.2) is 49.5 Å². The van der Waals surface area contributed by atoms with Gasteiger partial charge >= 0.3 is 0 Å². The van der Waals surface area contributed by atoms with Crippen molar-refractivity contribution in [2.24, 2.45) is 11.7 Å². The molecule has 1 aliphatic rings. The second-order valence-corrected chi connectivity index (χ2v) is 6.92. The molecule has 1 aromatic carbocycles. The first-order valence-electron chi connectivity index (χ1n) is 8.87. The SMILES string of the molecule is COc1cccc(C2CCN(C(=O)CNC(=O)[C@@H](N)C(C)C)CC2)c1. The van der Waals surface area contributed by atoms with E-state index in [1.807, 2.05) is 30.9 Å². The molecule has 0 spiro atoms. The lowest BCUT2D eigenvalue weighted by Crippen LogP contribution is -2.49. The van der Waals surface area contributed by atoms with Crippen LogP contribution in [0, 0.1) is 5.92 Å². The lowest BCUT2D eigenvalue weighted by molar-refractivity contribution is -0.134. The number of benzene rings is 1. The zero-order chi connectivity index (χ0) is 18.4. The van der Waals surface area contributed by atoms with Gasteiger partial charge in [0.2, 0.25) is 11.8 Å².